The topological polar surface area (TPSA) is 122 Å². The summed E-state index contributed by atoms with van der Waals surface area (Å²) in [6, 6.07) is 6.67. The number of aromatic amines is 1. The highest BCUT2D eigenvalue weighted by atomic mass is 35.5. The predicted molar refractivity (Wildman–Crippen MR) is 71.8 cm³/mol. The number of aromatic nitrogens is 2. The zero-order chi connectivity index (χ0) is 13.8. The van der Waals surface area contributed by atoms with E-state index in [1.807, 2.05) is 0 Å². The molecule has 9 heteroatoms. The van der Waals surface area contributed by atoms with Crippen molar-refractivity contribution in [3.05, 3.63) is 45.1 Å². The van der Waals surface area contributed by atoms with Crippen LogP contribution in [0.3, 0.4) is 0 Å². The Hall–Kier alpha value is -2.61. The van der Waals surface area contributed by atoms with Crippen LogP contribution >= 0.6 is 11.6 Å². The molecule has 1 heterocycles. The maximum absolute atomic E-state index is 11.0. The first kappa shape index (κ1) is 12.8. The highest BCUT2D eigenvalue weighted by Crippen LogP contribution is 2.28. The zero-order valence-corrected chi connectivity index (χ0v) is 10.3. The molecular weight excluding hydrogens is 272 g/mol. The van der Waals surface area contributed by atoms with Crippen LogP contribution in [-0.4, -0.2) is 21.3 Å². The molecule has 0 aliphatic heterocycles. The first-order chi connectivity index (χ1) is 9.11. The van der Waals surface area contributed by atoms with Crippen LogP contribution in [0.2, 0.25) is 5.02 Å². The van der Waals surface area contributed by atoms with Crippen LogP contribution in [0.25, 0.3) is 0 Å². The number of halogens is 1. The fourth-order valence-corrected chi connectivity index (χ4v) is 1.58. The van der Waals surface area contributed by atoms with Gasteiger partial charge in [0.2, 0.25) is 5.82 Å². The van der Waals surface area contributed by atoms with Gasteiger partial charge in [-0.25, -0.2) is 0 Å². The Morgan fingerprint density at radius 2 is 2.16 bits per heavy atom. The molecule has 0 unspecified atom stereocenters. The van der Waals surface area contributed by atoms with Gasteiger partial charge in [-0.1, -0.05) is 11.6 Å². The number of H-pyrrole nitrogens is 1. The van der Waals surface area contributed by atoms with E-state index in [0.717, 1.165) is 6.21 Å². The van der Waals surface area contributed by atoms with Gasteiger partial charge in [-0.05, 0) is 24.3 Å². The third kappa shape index (κ3) is 2.80. The summed E-state index contributed by atoms with van der Waals surface area (Å²) in [6.45, 7) is 0. The lowest BCUT2D eigenvalue weighted by atomic mass is 10.3. The van der Waals surface area contributed by atoms with E-state index in [4.69, 9.17) is 17.4 Å². The van der Waals surface area contributed by atoms with Gasteiger partial charge >= 0.3 is 5.69 Å². The molecule has 8 nitrogen and oxygen atoms in total. The number of hydrogen-bond acceptors (Lipinski definition) is 6. The quantitative estimate of drug-likeness (QED) is 0.342. The fraction of sp³-hybridized carbons (Fsp3) is 0. The minimum atomic E-state index is -0.571. The molecule has 2 aromatic rings. The Morgan fingerprint density at radius 3 is 2.74 bits per heavy atom. The van der Waals surface area contributed by atoms with Gasteiger partial charge in [-0.15, -0.1) is 5.10 Å². The lowest BCUT2D eigenvalue weighted by Gasteiger charge is -2.02. The van der Waals surface area contributed by atoms with E-state index in [0.29, 0.717) is 10.7 Å². The second kappa shape index (κ2) is 5.36. The van der Waals surface area contributed by atoms with Crippen LogP contribution < -0.4 is 11.2 Å². The number of nitrogens with two attached hydrogens (primary N) is 1. The Kier molecular flexibility index (Phi) is 3.62. The van der Waals surface area contributed by atoms with Crippen LogP contribution in [-0.2, 0) is 0 Å². The average Bonchev–Trinajstić information content (AvgIpc) is 2.76. The Labute approximate surface area is 112 Å². The van der Waals surface area contributed by atoms with E-state index in [9.17, 15) is 10.1 Å². The van der Waals surface area contributed by atoms with Gasteiger partial charge < -0.3 is 11.2 Å². The van der Waals surface area contributed by atoms with Crippen molar-refractivity contribution in [1.29, 1.82) is 0 Å². The lowest BCUT2D eigenvalue weighted by molar-refractivity contribution is -0.384. The highest BCUT2D eigenvalue weighted by Gasteiger charge is 2.23. The summed E-state index contributed by atoms with van der Waals surface area (Å²) in [5, 5.41) is 23.9. The van der Waals surface area contributed by atoms with Crippen molar-refractivity contribution < 1.29 is 4.92 Å². The molecule has 0 fully saturated rings. The summed E-state index contributed by atoms with van der Waals surface area (Å²) in [5.74, 6) is 5.04. The normalized spacial score (nSPS) is 10.8. The van der Waals surface area contributed by atoms with Crippen molar-refractivity contribution in [2.24, 2.45) is 10.9 Å². The van der Waals surface area contributed by atoms with Crippen molar-refractivity contribution in [3.63, 3.8) is 0 Å². The summed E-state index contributed by atoms with van der Waals surface area (Å²) in [6.07, 6.45) is 1.12. The molecule has 0 spiro atoms. The number of anilines is 2. The second-order valence-electron chi connectivity index (χ2n) is 3.50. The summed E-state index contributed by atoms with van der Waals surface area (Å²) in [7, 11) is 0. The van der Waals surface area contributed by atoms with E-state index in [1.54, 1.807) is 24.3 Å². The molecule has 0 aliphatic rings. The zero-order valence-electron chi connectivity index (χ0n) is 9.50. The molecule has 1 aromatic heterocycles. The van der Waals surface area contributed by atoms with Crippen molar-refractivity contribution in [1.82, 2.24) is 10.2 Å². The molecule has 0 bridgehead atoms. The fourth-order valence-electron chi connectivity index (χ4n) is 1.46. The summed E-state index contributed by atoms with van der Waals surface area (Å²) in [5.41, 5.74) is 0.503. The van der Waals surface area contributed by atoms with Gasteiger partial charge in [0.15, 0.2) is 5.69 Å². The van der Waals surface area contributed by atoms with Gasteiger partial charge in [0.1, 0.15) is 0 Å². The monoisotopic (exact) mass is 280 g/mol. The smallest absolute Gasteiger partial charge is 0.333 e. The van der Waals surface area contributed by atoms with Crippen molar-refractivity contribution in [2.75, 3.05) is 5.32 Å². The Morgan fingerprint density at radius 1 is 1.47 bits per heavy atom. The summed E-state index contributed by atoms with van der Waals surface area (Å²) in [4.78, 5) is 10.4. The number of hydrogen-bond donors (Lipinski definition) is 3. The predicted octanol–water partition coefficient (Wildman–Crippen LogP) is 2.01. The number of hydrazone groups is 1. The molecular formula is C10H9ClN6O2. The molecule has 1 aromatic carbocycles. The van der Waals surface area contributed by atoms with Crippen LogP contribution in [0.4, 0.5) is 17.2 Å². The molecule has 2 rings (SSSR count). The molecule has 98 valence electrons. The number of nitrogens with zero attached hydrogens (tertiary/aromatic N) is 3. The van der Waals surface area contributed by atoms with Gasteiger partial charge in [-0.2, -0.15) is 5.10 Å². The minimum Gasteiger partial charge on any atom is -0.333 e. The van der Waals surface area contributed by atoms with E-state index < -0.39 is 4.92 Å². The van der Waals surface area contributed by atoms with Crippen molar-refractivity contribution in [3.8, 4) is 0 Å². The molecule has 0 saturated heterocycles. The summed E-state index contributed by atoms with van der Waals surface area (Å²) < 4.78 is 0. The summed E-state index contributed by atoms with van der Waals surface area (Å²) >= 11 is 5.75. The molecule has 0 aliphatic carbocycles. The van der Waals surface area contributed by atoms with E-state index in [-0.39, 0.29) is 17.2 Å². The van der Waals surface area contributed by atoms with Gasteiger partial charge in [0, 0.05) is 10.7 Å². The number of rotatable bonds is 4. The molecule has 0 atom stereocenters. The van der Waals surface area contributed by atoms with Gasteiger partial charge in [-0.3, -0.25) is 15.2 Å². The maximum Gasteiger partial charge on any atom is 0.339 e. The average molecular weight is 281 g/mol. The van der Waals surface area contributed by atoms with Crippen LogP contribution in [0.1, 0.15) is 5.69 Å². The van der Waals surface area contributed by atoms with Crippen molar-refractivity contribution >= 4 is 35.0 Å². The van der Waals surface area contributed by atoms with E-state index >= 15 is 0 Å². The van der Waals surface area contributed by atoms with E-state index in [2.05, 4.69) is 20.6 Å². The minimum absolute atomic E-state index is 0.0715. The van der Waals surface area contributed by atoms with Crippen LogP contribution in [0, 0.1) is 10.1 Å². The molecule has 19 heavy (non-hydrogen) atoms. The third-order valence-electron chi connectivity index (χ3n) is 2.26. The maximum atomic E-state index is 11.0. The second-order valence-corrected chi connectivity index (χ2v) is 3.94. The lowest BCUT2D eigenvalue weighted by Crippen LogP contribution is -1.98. The third-order valence-corrected chi connectivity index (χ3v) is 2.51. The molecule has 0 saturated carbocycles. The van der Waals surface area contributed by atoms with Gasteiger partial charge in [0.25, 0.3) is 0 Å². The Bertz CT molecular complexity index is 621. The highest BCUT2D eigenvalue weighted by molar-refractivity contribution is 6.30. The molecule has 0 radical (unpaired) electrons. The van der Waals surface area contributed by atoms with Crippen LogP contribution in [0.5, 0.6) is 0 Å². The number of benzene rings is 1. The largest absolute Gasteiger partial charge is 0.339 e. The SMILES string of the molecule is N/N=C/c1[nH]nc(Nc2ccc(Cl)cc2)c1[N+](=O)[O-]. The first-order valence-corrected chi connectivity index (χ1v) is 5.48. The number of nitro groups is 1. The van der Waals surface area contributed by atoms with Crippen LogP contribution in [0.15, 0.2) is 29.4 Å². The first-order valence-electron chi connectivity index (χ1n) is 5.10. The Balaban J connectivity index is 2.34. The molecule has 4 N–H and O–H groups in total. The van der Waals surface area contributed by atoms with E-state index in [1.165, 1.54) is 0 Å². The molecule has 0 amide bonds. The van der Waals surface area contributed by atoms with Gasteiger partial charge in [0.05, 0.1) is 11.1 Å². The standard InChI is InChI=1S/C10H9ClN6O2/c11-6-1-3-7(4-2-6)14-10-9(17(18)19)8(5-13-12)15-16-10/h1-5H,12H2,(H2,14,15,16)/b13-5+. The van der Waals surface area contributed by atoms with Crippen molar-refractivity contribution in [2.45, 2.75) is 0 Å². The number of nitrogens with one attached hydrogen (secondary N) is 2.